The largest absolute Gasteiger partial charge is 0.354 e. The van der Waals surface area contributed by atoms with Gasteiger partial charge >= 0.3 is 0 Å². The molecule has 2 aromatic rings. The Hall–Kier alpha value is -2.75. The van der Waals surface area contributed by atoms with Gasteiger partial charge < -0.3 is 15.5 Å². The number of amides is 2. The summed E-state index contributed by atoms with van der Waals surface area (Å²) in [6.45, 7) is 0.620. The highest BCUT2D eigenvalue weighted by molar-refractivity contribution is 7.89. The lowest BCUT2D eigenvalue weighted by atomic mass is 10.1. The third-order valence-electron chi connectivity index (χ3n) is 5.00. The lowest BCUT2D eigenvalue weighted by molar-refractivity contribution is -0.122. The second-order valence-electron chi connectivity index (χ2n) is 7.32. The topological polar surface area (TPSA) is 98.8 Å². The maximum Gasteiger partial charge on any atom is 0.251 e. The average Bonchev–Trinajstić information content (AvgIpc) is 2.74. The molecule has 8 nitrogen and oxygen atoms in total. The van der Waals surface area contributed by atoms with Gasteiger partial charge in [0.25, 0.3) is 5.91 Å². The normalized spacial score (nSPS) is 16.2. The molecule has 2 aromatic carbocycles. The van der Waals surface area contributed by atoms with Crippen molar-refractivity contribution in [3.63, 3.8) is 0 Å². The molecule has 160 valence electrons. The van der Waals surface area contributed by atoms with Crippen LogP contribution < -0.4 is 10.6 Å². The Morgan fingerprint density at radius 2 is 1.90 bits per heavy atom. The smallest absolute Gasteiger partial charge is 0.251 e. The van der Waals surface area contributed by atoms with Gasteiger partial charge in [0.1, 0.15) is 0 Å². The van der Waals surface area contributed by atoms with Crippen molar-refractivity contribution in [2.24, 2.45) is 0 Å². The Morgan fingerprint density at radius 1 is 1.17 bits per heavy atom. The highest BCUT2D eigenvalue weighted by Crippen LogP contribution is 2.19. The molecule has 1 aliphatic rings. The second kappa shape index (κ2) is 9.38. The van der Waals surface area contributed by atoms with Crippen LogP contribution in [0.3, 0.4) is 0 Å². The van der Waals surface area contributed by atoms with E-state index in [9.17, 15) is 18.0 Å². The number of likely N-dealkylation sites (N-methyl/N-ethyl adjacent to an activating group) is 1. The van der Waals surface area contributed by atoms with Gasteiger partial charge in [-0.2, -0.15) is 4.31 Å². The molecule has 1 aliphatic heterocycles. The van der Waals surface area contributed by atoms with Gasteiger partial charge in [-0.25, -0.2) is 8.42 Å². The molecule has 30 heavy (non-hydrogen) atoms. The summed E-state index contributed by atoms with van der Waals surface area (Å²) in [5, 5.41) is 5.49. The summed E-state index contributed by atoms with van der Waals surface area (Å²) in [6.07, 6.45) is 0. The molecule has 2 amide bonds. The third kappa shape index (κ3) is 5.05. The van der Waals surface area contributed by atoms with E-state index in [0.29, 0.717) is 6.54 Å². The molecule has 0 saturated carbocycles. The summed E-state index contributed by atoms with van der Waals surface area (Å²) in [6, 6.07) is 15.7. The van der Waals surface area contributed by atoms with Crippen molar-refractivity contribution in [2.45, 2.75) is 10.9 Å². The minimum Gasteiger partial charge on any atom is -0.354 e. The van der Waals surface area contributed by atoms with Crippen molar-refractivity contribution < 1.29 is 18.0 Å². The lowest BCUT2D eigenvalue weighted by Crippen LogP contribution is -2.49. The molecule has 0 spiro atoms. The second-order valence-corrected chi connectivity index (χ2v) is 9.25. The Bertz CT molecular complexity index is 1010. The van der Waals surface area contributed by atoms with Gasteiger partial charge in [0.2, 0.25) is 15.9 Å². The molecular weight excluding hydrogens is 404 g/mol. The summed E-state index contributed by atoms with van der Waals surface area (Å²) in [5.74, 6) is -0.694. The van der Waals surface area contributed by atoms with Crippen LogP contribution >= 0.6 is 0 Å². The molecule has 9 heteroatoms. The molecule has 1 fully saturated rings. The fraction of sp³-hybridized carbons (Fsp3) is 0.333. The number of sulfonamides is 1. The SMILES string of the molecule is CN(C)C(CNC(=O)c1cccc(S(=O)(=O)N2CCNC(=O)C2)c1)c1ccccc1. The quantitative estimate of drug-likeness (QED) is 0.678. The number of piperazine rings is 1. The Labute approximate surface area is 176 Å². The highest BCUT2D eigenvalue weighted by Gasteiger charge is 2.29. The van der Waals surface area contributed by atoms with Crippen LogP contribution in [-0.2, 0) is 14.8 Å². The third-order valence-corrected chi connectivity index (χ3v) is 6.84. The highest BCUT2D eigenvalue weighted by atomic mass is 32.2. The van der Waals surface area contributed by atoms with E-state index < -0.39 is 10.0 Å². The molecule has 1 heterocycles. The van der Waals surface area contributed by atoms with Gasteiger partial charge in [0, 0.05) is 25.2 Å². The molecule has 0 aromatic heterocycles. The number of carbonyl (C=O) groups is 2. The molecule has 3 rings (SSSR count). The average molecular weight is 431 g/mol. The summed E-state index contributed by atoms with van der Waals surface area (Å²) >= 11 is 0. The number of hydrogen-bond donors (Lipinski definition) is 2. The van der Waals surface area contributed by atoms with Crippen LogP contribution in [0.1, 0.15) is 22.0 Å². The lowest BCUT2D eigenvalue weighted by Gasteiger charge is -2.26. The van der Waals surface area contributed by atoms with Crippen LogP contribution in [0.2, 0.25) is 0 Å². The molecule has 1 atom stereocenters. The van der Waals surface area contributed by atoms with E-state index >= 15 is 0 Å². The van der Waals surface area contributed by atoms with Crippen LogP contribution in [0.15, 0.2) is 59.5 Å². The predicted molar refractivity (Wildman–Crippen MR) is 113 cm³/mol. The Balaban J connectivity index is 1.73. The van der Waals surface area contributed by atoms with Crippen LogP contribution in [-0.4, -0.2) is 69.7 Å². The fourth-order valence-electron chi connectivity index (χ4n) is 3.33. The minimum absolute atomic E-state index is 0.00271. The zero-order valence-corrected chi connectivity index (χ0v) is 17.9. The van der Waals surface area contributed by atoms with Gasteiger partial charge in [-0.15, -0.1) is 0 Å². The van der Waals surface area contributed by atoms with Gasteiger partial charge in [0.05, 0.1) is 17.5 Å². The number of hydrogen-bond acceptors (Lipinski definition) is 5. The van der Waals surface area contributed by atoms with Crippen molar-refractivity contribution in [3.05, 3.63) is 65.7 Å². The molecule has 0 radical (unpaired) electrons. The zero-order valence-electron chi connectivity index (χ0n) is 17.0. The first kappa shape index (κ1) is 21.9. The van der Waals surface area contributed by atoms with E-state index in [1.165, 1.54) is 18.2 Å². The van der Waals surface area contributed by atoms with Crippen LogP contribution in [0.25, 0.3) is 0 Å². The first-order valence-corrected chi connectivity index (χ1v) is 11.1. The van der Waals surface area contributed by atoms with E-state index in [4.69, 9.17) is 0 Å². The molecule has 0 aliphatic carbocycles. The number of rotatable bonds is 7. The van der Waals surface area contributed by atoms with E-state index in [2.05, 4.69) is 10.6 Å². The molecule has 2 N–H and O–H groups in total. The summed E-state index contributed by atoms with van der Waals surface area (Å²) < 4.78 is 26.8. The molecule has 0 bridgehead atoms. The van der Waals surface area contributed by atoms with Crippen LogP contribution in [0, 0.1) is 0 Å². The minimum atomic E-state index is -3.85. The van der Waals surface area contributed by atoms with Gasteiger partial charge in [0.15, 0.2) is 0 Å². The summed E-state index contributed by atoms with van der Waals surface area (Å²) in [5.41, 5.74) is 1.32. The standard InChI is InChI=1S/C21H26N4O4S/c1-24(2)19(16-7-4-3-5-8-16)14-23-21(27)17-9-6-10-18(13-17)30(28,29)25-12-11-22-20(26)15-25/h3-10,13,19H,11-12,14-15H2,1-2H3,(H,22,26)(H,23,27). The predicted octanol–water partition coefficient (Wildman–Crippen LogP) is 0.840. The van der Waals surface area contributed by atoms with E-state index in [-0.39, 0.29) is 47.9 Å². The van der Waals surface area contributed by atoms with E-state index in [0.717, 1.165) is 9.87 Å². The number of benzene rings is 2. The number of nitrogens with one attached hydrogen (secondary N) is 2. The maximum absolute atomic E-state index is 12.9. The first-order chi connectivity index (χ1) is 14.3. The number of carbonyl (C=O) groups excluding carboxylic acids is 2. The van der Waals surface area contributed by atoms with Crippen molar-refractivity contribution >= 4 is 21.8 Å². The monoisotopic (exact) mass is 430 g/mol. The van der Waals surface area contributed by atoms with Gasteiger partial charge in [-0.05, 0) is 37.9 Å². The first-order valence-electron chi connectivity index (χ1n) is 9.65. The molecule has 1 saturated heterocycles. The van der Waals surface area contributed by atoms with Crippen molar-refractivity contribution in [1.82, 2.24) is 19.8 Å². The van der Waals surface area contributed by atoms with E-state index in [1.807, 2.05) is 49.3 Å². The Morgan fingerprint density at radius 3 is 2.57 bits per heavy atom. The van der Waals surface area contributed by atoms with Gasteiger partial charge in [-0.1, -0.05) is 36.4 Å². The van der Waals surface area contributed by atoms with Crippen molar-refractivity contribution in [2.75, 3.05) is 40.3 Å². The van der Waals surface area contributed by atoms with Crippen molar-refractivity contribution in [3.8, 4) is 0 Å². The number of nitrogens with zero attached hydrogens (tertiary/aromatic N) is 2. The summed E-state index contributed by atoms with van der Waals surface area (Å²) in [4.78, 5) is 26.3. The summed E-state index contributed by atoms with van der Waals surface area (Å²) in [7, 11) is 0.0182. The van der Waals surface area contributed by atoms with Crippen LogP contribution in [0.5, 0.6) is 0 Å². The van der Waals surface area contributed by atoms with E-state index in [1.54, 1.807) is 6.07 Å². The fourth-order valence-corrected chi connectivity index (χ4v) is 4.78. The zero-order chi connectivity index (χ0) is 21.7. The van der Waals surface area contributed by atoms with Crippen molar-refractivity contribution in [1.29, 1.82) is 0 Å². The molecule has 1 unspecified atom stereocenters. The van der Waals surface area contributed by atoms with Crippen LogP contribution in [0.4, 0.5) is 0 Å². The maximum atomic E-state index is 12.9. The molecular formula is C21H26N4O4S. The van der Waals surface area contributed by atoms with Gasteiger partial charge in [-0.3, -0.25) is 9.59 Å². The Kier molecular flexibility index (Phi) is 6.86.